The van der Waals surface area contributed by atoms with Gasteiger partial charge in [0.2, 0.25) is 0 Å². The van der Waals surface area contributed by atoms with Crippen molar-refractivity contribution in [3.8, 4) is 11.5 Å². The highest BCUT2D eigenvalue weighted by atomic mass is 16.5. The molecule has 1 aliphatic heterocycles. The van der Waals surface area contributed by atoms with E-state index < -0.39 is 17.7 Å². The summed E-state index contributed by atoms with van der Waals surface area (Å²) >= 11 is 0. The molecule has 1 aliphatic rings. The highest BCUT2D eigenvalue weighted by Crippen LogP contribution is 2.40. The van der Waals surface area contributed by atoms with Crippen molar-refractivity contribution >= 4 is 11.7 Å². The molecule has 0 aromatic heterocycles. The Morgan fingerprint density at radius 2 is 1.83 bits per heavy atom. The van der Waals surface area contributed by atoms with Gasteiger partial charge in [-0.25, -0.2) is 0 Å². The standard InChI is InChI=1S/C24H27NO5/c1-5-30-19-8-6-7-16(13-19)14-25-21(17-9-11-18(29-4)12-10-17)20(22(26)15(2)3)23(27)24(25)28/h6-13,15,21,27H,5,14H2,1-4H3. The number of ketones is 1. The number of nitrogens with zero attached hydrogens (tertiary/aromatic N) is 1. The summed E-state index contributed by atoms with van der Waals surface area (Å²) in [6.07, 6.45) is 0. The van der Waals surface area contributed by atoms with E-state index in [2.05, 4.69) is 0 Å². The number of benzene rings is 2. The molecule has 0 bridgehead atoms. The van der Waals surface area contributed by atoms with Crippen LogP contribution in [0.1, 0.15) is 37.9 Å². The van der Waals surface area contributed by atoms with Crippen LogP contribution in [-0.4, -0.2) is 35.4 Å². The lowest BCUT2D eigenvalue weighted by Crippen LogP contribution is -2.31. The first kappa shape index (κ1) is 21.4. The number of methoxy groups -OCH3 is 1. The van der Waals surface area contributed by atoms with Gasteiger partial charge in [0.25, 0.3) is 5.91 Å². The molecule has 0 fully saturated rings. The Morgan fingerprint density at radius 3 is 2.43 bits per heavy atom. The molecule has 0 radical (unpaired) electrons. The third-order valence-electron chi connectivity index (χ3n) is 5.09. The van der Waals surface area contributed by atoms with Crippen LogP contribution in [0.2, 0.25) is 0 Å². The molecule has 1 N–H and O–H groups in total. The van der Waals surface area contributed by atoms with Crippen LogP contribution in [0.5, 0.6) is 11.5 Å². The summed E-state index contributed by atoms with van der Waals surface area (Å²) in [6.45, 7) is 6.19. The van der Waals surface area contributed by atoms with Crippen molar-refractivity contribution in [1.82, 2.24) is 4.90 Å². The van der Waals surface area contributed by atoms with Crippen molar-refractivity contribution in [2.24, 2.45) is 5.92 Å². The summed E-state index contributed by atoms with van der Waals surface area (Å²) in [5.41, 5.74) is 1.72. The second kappa shape index (κ2) is 9.03. The van der Waals surface area contributed by atoms with E-state index in [1.54, 1.807) is 33.1 Å². The predicted molar refractivity (Wildman–Crippen MR) is 113 cm³/mol. The smallest absolute Gasteiger partial charge is 0.290 e. The quantitative estimate of drug-likeness (QED) is 0.707. The van der Waals surface area contributed by atoms with Gasteiger partial charge in [-0.2, -0.15) is 0 Å². The maximum atomic E-state index is 13.0. The normalized spacial score (nSPS) is 16.4. The van der Waals surface area contributed by atoms with Crippen LogP contribution in [0.3, 0.4) is 0 Å². The zero-order valence-corrected chi connectivity index (χ0v) is 17.7. The molecule has 0 saturated heterocycles. The summed E-state index contributed by atoms with van der Waals surface area (Å²) in [4.78, 5) is 27.4. The molecule has 0 spiro atoms. The summed E-state index contributed by atoms with van der Waals surface area (Å²) in [5, 5.41) is 10.6. The van der Waals surface area contributed by atoms with Crippen molar-refractivity contribution < 1.29 is 24.2 Å². The number of Topliss-reactive ketones (excluding diaryl/α,β-unsaturated/α-hetero) is 1. The lowest BCUT2D eigenvalue weighted by Gasteiger charge is -2.27. The van der Waals surface area contributed by atoms with E-state index >= 15 is 0 Å². The fourth-order valence-electron chi connectivity index (χ4n) is 3.61. The van der Waals surface area contributed by atoms with E-state index in [4.69, 9.17) is 9.47 Å². The number of rotatable bonds is 8. The van der Waals surface area contributed by atoms with Gasteiger partial charge in [0.1, 0.15) is 11.5 Å². The lowest BCUT2D eigenvalue weighted by molar-refractivity contribution is -0.130. The van der Waals surface area contributed by atoms with Gasteiger partial charge in [0.15, 0.2) is 11.5 Å². The van der Waals surface area contributed by atoms with Gasteiger partial charge >= 0.3 is 0 Å². The maximum Gasteiger partial charge on any atom is 0.290 e. The van der Waals surface area contributed by atoms with E-state index in [0.29, 0.717) is 18.1 Å². The Balaban J connectivity index is 2.02. The number of hydrogen-bond donors (Lipinski definition) is 1. The summed E-state index contributed by atoms with van der Waals surface area (Å²) in [6, 6.07) is 14.0. The Kier molecular flexibility index (Phi) is 6.45. The third-order valence-corrected chi connectivity index (χ3v) is 5.09. The van der Waals surface area contributed by atoms with E-state index in [-0.39, 0.29) is 23.8 Å². The lowest BCUT2D eigenvalue weighted by atomic mass is 9.91. The number of carbonyl (C=O) groups excluding carboxylic acids is 2. The predicted octanol–water partition coefficient (Wildman–Crippen LogP) is 4.21. The van der Waals surface area contributed by atoms with Gasteiger partial charge in [-0.05, 0) is 42.3 Å². The number of hydrogen-bond acceptors (Lipinski definition) is 5. The molecule has 6 heteroatoms. The van der Waals surface area contributed by atoms with Crippen LogP contribution < -0.4 is 9.47 Å². The van der Waals surface area contributed by atoms with Crippen LogP contribution in [0.15, 0.2) is 59.9 Å². The first-order valence-electron chi connectivity index (χ1n) is 10.0. The van der Waals surface area contributed by atoms with Crippen molar-refractivity contribution in [2.75, 3.05) is 13.7 Å². The summed E-state index contributed by atoms with van der Waals surface area (Å²) < 4.78 is 10.8. The van der Waals surface area contributed by atoms with E-state index in [9.17, 15) is 14.7 Å². The highest BCUT2D eigenvalue weighted by molar-refractivity contribution is 6.09. The first-order chi connectivity index (χ1) is 14.4. The Morgan fingerprint density at radius 1 is 1.13 bits per heavy atom. The molecule has 2 aromatic rings. The van der Waals surface area contributed by atoms with Gasteiger partial charge in [0, 0.05) is 12.5 Å². The zero-order valence-electron chi connectivity index (χ0n) is 17.7. The van der Waals surface area contributed by atoms with Crippen molar-refractivity contribution in [3.05, 3.63) is 71.0 Å². The van der Waals surface area contributed by atoms with Gasteiger partial charge in [0.05, 0.1) is 25.3 Å². The number of aliphatic hydroxyl groups excluding tert-OH is 1. The van der Waals surface area contributed by atoms with Crippen LogP contribution in [0.25, 0.3) is 0 Å². The van der Waals surface area contributed by atoms with Crippen molar-refractivity contribution in [3.63, 3.8) is 0 Å². The number of ether oxygens (including phenoxy) is 2. The summed E-state index contributed by atoms with van der Waals surface area (Å²) in [7, 11) is 1.57. The molecule has 0 aliphatic carbocycles. The molecule has 1 atom stereocenters. The van der Waals surface area contributed by atoms with Crippen LogP contribution >= 0.6 is 0 Å². The fraction of sp³-hybridized carbons (Fsp3) is 0.333. The molecule has 3 rings (SSSR count). The van der Waals surface area contributed by atoms with E-state index in [1.807, 2.05) is 43.3 Å². The van der Waals surface area contributed by atoms with Gasteiger partial charge in [-0.15, -0.1) is 0 Å². The first-order valence-corrected chi connectivity index (χ1v) is 10.0. The molecule has 0 saturated carbocycles. The van der Waals surface area contributed by atoms with Crippen LogP contribution in [-0.2, 0) is 16.1 Å². The van der Waals surface area contributed by atoms with Crippen molar-refractivity contribution in [1.29, 1.82) is 0 Å². The molecular formula is C24H27NO5. The second-order valence-corrected chi connectivity index (χ2v) is 7.47. The average Bonchev–Trinajstić information content (AvgIpc) is 2.98. The van der Waals surface area contributed by atoms with Crippen LogP contribution in [0.4, 0.5) is 0 Å². The maximum absolute atomic E-state index is 13.0. The van der Waals surface area contributed by atoms with E-state index in [1.165, 1.54) is 4.90 Å². The Hall–Kier alpha value is -3.28. The molecule has 1 unspecified atom stereocenters. The highest BCUT2D eigenvalue weighted by Gasteiger charge is 2.43. The average molecular weight is 409 g/mol. The molecule has 158 valence electrons. The Labute approximate surface area is 176 Å². The SMILES string of the molecule is CCOc1cccc(CN2C(=O)C(O)=C(C(=O)C(C)C)C2c2ccc(OC)cc2)c1. The molecule has 1 heterocycles. The third kappa shape index (κ3) is 4.17. The monoisotopic (exact) mass is 409 g/mol. The van der Waals surface area contributed by atoms with E-state index in [0.717, 1.165) is 11.1 Å². The molecule has 1 amide bonds. The minimum atomic E-state index is -0.672. The van der Waals surface area contributed by atoms with Crippen molar-refractivity contribution in [2.45, 2.75) is 33.4 Å². The van der Waals surface area contributed by atoms with Gasteiger partial charge < -0.3 is 19.5 Å². The molecule has 30 heavy (non-hydrogen) atoms. The molecular weight excluding hydrogens is 382 g/mol. The van der Waals surface area contributed by atoms with Gasteiger partial charge in [-0.1, -0.05) is 38.1 Å². The second-order valence-electron chi connectivity index (χ2n) is 7.47. The fourth-order valence-corrected chi connectivity index (χ4v) is 3.61. The number of amides is 1. The molecule has 6 nitrogen and oxygen atoms in total. The van der Waals surface area contributed by atoms with Gasteiger partial charge in [-0.3, -0.25) is 9.59 Å². The minimum Gasteiger partial charge on any atom is -0.503 e. The summed E-state index contributed by atoms with van der Waals surface area (Å²) in [5.74, 6) is -0.247. The minimum absolute atomic E-state index is 0.140. The Bertz CT molecular complexity index is 962. The largest absolute Gasteiger partial charge is 0.503 e. The number of aliphatic hydroxyl groups is 1. The zero-order chi connectivity index (χ0) is 21.8. The number of carbonyl (C=O) groups is 2. The topological polar surface area (TPSA) is 76.1 Å². The molecule has 2 aromatic carbocycles. The van der Waals surface area contributed by atoms with Crippen LogP contribution in [0, 0.1) is 5.92 Å².